The first kappa shape index (κ1) is 21.9. The molecule has 0 unspecified atom stereocenters. The van der Waals surface area contributed by atoms with E-state index in [2.05, 4.69) is 76.6 Å². The maximum Gasteiger partial charge on any atom is 0.313 e. The van der Waals surface area contributed by atoms with Crippen molar-refractivity contribution < 1.29 is 9.66 Å². The number of nitro groups is 1. The molecule has 0 fully saturated rings. The number of hydrogen-bond acceptors (Lipinski definition) is 6. The molecule has 1 heterocycles. The van der Waals surface area contributed by atoms with Crippen molar-refractivity contribution in [3.05, 3.63) is 87.6 Å². The molecule has 29 heavy (non-hydrogen) atoms. The Morgan fingerprint density at radius 1 is 1.21 bits per heavy atom. The lowest BCUT2D eigenvalue weighted by Crippen LogP contribution is -2.01. The number of hydrazone groups is 1. The molecule has 0 amide bonds. The van der Waals surface area contributed by atoms with Gasteiger partial charge in [-0.3, -0.25) is 15.5 Å². The first-order chi connectivity index (χ1) is 13.9. The van der Waals surface area contributed by atoms with Crippen LogP contribution in [-0.2, 0) is 6.61 Å². The first-order valence-corrected chi connectivity index (χ1v) is 11.1. The van der Waals surface area contributed by atoms with Crippen LogP contribution in [0, 0.1) is 17.3 Å². The highest BCUT2D eigenvalue weighted by Crippen LogP contribution is 2.29. The number of ether oxygens (including phenoxy) is 1. The van der Waals surface area contributed by atoms with Crippen LogP contribution in [0.15, 0.2) is 64.3 Å². The van der Waals surface area contributed by atoms with Crippen LogP contribution in [0.25, 0.3) is 0 Å². The van der Waals surface area contributed by atoms with Crippen molar-refractivity contribution >= 4 is 78.8 Å². The Kier molecular flexibility index (Phi) is 7.77. The smallest absolute Gasteiger partial charge is 0.313 e. The highest BCUT2D eigenvalue weighted by molar-refractivity contribution is 14.1. The fourth-order valence-corrected chi connectivity index (χ4v) is 4.72. The number of halogens is 3. The van der Waals surface area contributed by atoms with E-state index in [0.717, 1.165) is 28.5 Å². The van der Waals surface area contributed by atoms with E-state index in [-0.39, 0.29) is 11.5 Å². The van der Waals surface area contributed by atoms with E-state index in [1.54, 1.807) is 6.21 Å². The van der Waals surface area contributed by atoms with E-state index in [9.17, 15) is 10.1 Å². The zero-order valence-corrected chi connectivity index (χ0v) is 20.6. The van der Waals surface area contributed by atoms with Crippen LogP contribution < -0.4 is 10.2 Å². The molecule has 148 valence electrons. The van der Waals surface area contributed by atoms with E-state index in [0.29, 0.717) is 6.61 Å². The zero-order valence-electron chi connectivity index (χ0n) is 14.7. The van der Waals surface area contributed by atoms with Gasteiger partial charge in [-0.1, -0.05) is 28.1 Å². The summed E-state index contributed by atoms with van der Waals surface area (Å²) in [6.45, 7) is 0.470. The van der Waals surface area contributed by atoms with Crippen molar-refractivity contribution in [2.75, 3.05) is 5.43 Å². The molecular formula is C19H13BrI2N4O3. The highest BCUT2D eigenvalue weighted by Gasteiger charge is 2.13. The number of rotatable bonds is 7. The number of nitrogens with one attached hydrogen (secondary N) is 1. The number of aromatic nitrogens is 1. The van der Waals surface area contributed by atoms with Gasteiger partial charge in [0.05, 0.1) is 18.3 Å². The van der Waals surface area contributed by atoms with Crippen LogP contribution in [0.5, 0.6) is 5.75 Å². The lowest BCUT2D eigenvalue weighted by Gasteiger charge is -2.11. The van der Waals surface area contributed by atoms with Crippen molar-refractivity contribution in [1.82, 2.24) is 4.98 Å². The maximum atomic E-state index is 11.0. The van der Waals surface area contributed by atoms with Gasteiger partial charge in [0.1, 0.15) is 12.4 Å². The summed E-state index contributed by atoms with van der Waals surface area (Å²) in [5.41, 5.74) is 4.40. The molecule has 0 radical (unpaired) electrons. The number of hydrogen-bond donors (Lipinski definition) is 1. The summed E-state index contributed by atoms with van der Waals surface area (Å²) in [5.74, 6) is 0.896. The van der Waals surface area contributed by atoms with Gasteiger partial charge in [0.2, 0.25) is 5.82 Å². The fourth-order valence-electron chi connectivity index (χ4n) is 2.33. The molecule has 3 aromatic rings. The highest BCUT2D eigenvalue weighted by atomic mass is 127. The van der Waals surface area contributed by atoms with Gasteiger partial charge in [-0.2, -0.15) is 5.10 Å². The summed E-state index contributed by atoms with van der Waals surface area (Å²) in [6.07, 6.45) is 3.05. The third kappa shape index (κ3) is 6.09. The minimum absolute atomic E-state index is 0.0904. The summed E-state index contributed by atoms with van der Waals surface area (Å²) in [5, 5.41) is 15.1. The molecule has 7 nitrogen and oxygen atoms in total. The summed E-state index contributed by atoms with van der Waals surface area (Å²) in [7, 11) is 0. The molecule has 0 atom stereocenters. The molecule has 0 spiro atoms. The average Bonchev–Trinajstić information content (AvgIpc) is 2.69. The third-order valence-electron chi connectivity index (χ3n) is 3.68. The van der Waals surface area contributed by atoms with Crippen molar-refractivity contribution in [3.8, 4) is 5.75 Å². The fraction of sp³-hybridized carbons (Fsp3) is 0.0526. The Bertz CT molecular complexity index is 1040. The van der Waals surface area contributed by atoms with Crippen molar-refractivity contribution in [2.24, 2.45) is 5.10 Å². The second-order valence-corrected chi connectivity index (χ2v) is 8.97. The molecule has 0 saturated carbocycles. The Hall–Kier alpha value is -1.80. The van der Waals surface area contributed by atoms with E-state index >= 15 is 0 Å². The number of anilines is 1. The number of pyridine rings is 1. The van der Waals surface area contributed by atoms with Crippen molar-refractivity contribution in [3.63, 3.8) is 0 Å². The van der Waals surface area contributed by atoms with Crippen LogP contribution >= 0.6 is 61.1 Å². The monoisotopic (exact) mass is 678 g/mol. The van der Waals surface area contributed by atoms with Gasteiger partial charge in [0.25, 0.3) is 0 Å². The van der Waals surface area contributed by atoms with Crippen molar-refractivity contribution in [1.29, 1.82) is 0 Å². The molecule has 1 N–H and O–H groups in total. The standard InChI is InChI=1S/C19H13BrI2N4O3/c20-14-5-3-12(4-6-14)11-29-18-15(21)8-13(9-16(18)22)10-24-25-19-17(26(27)28)2-1-7-23-19/h1-10H,11H2,(H,23,25)/b24-10-. The van der Waals surface area contributed by atoms with Crippen LogP contribution in [0.3, 0.4) is 0 Å². The predicted molar refractivity (Wildman–Crippen MR) is 132 cm³/mol. The van der Waals surface area contributed by atoms with Crippen molar-refractivity contribution in [2.45, 2.75) is 6.61 Å². The summed E-state index contributed by atoms with van der Waals surface area (Å²) < 4.78 is 8.90. The minimum atomic E-state index is -0.506. The average molecular weight is 679 g/mol. The lowest BCUT2D eigenvalue weighted by molar-refractivity contribution is -0.384. The van der Waals surface area contributed by atoms with Gasteiger partial charge in [-0.05, 0) is 86.6 Å². The second-order valence-electron chi connectivity index (χ2n) is 5.73. The molecule has 3 rings (SSSR count). The molecule has 0 aliphatic carbocycles. The summed E-state index contributed by atoms with van der Waals surface area (Å²) in [4.78, 5) is 14.5. The molecule has 0 saturated heterocycles. The Balaban J connectivity index is 1.69. The van der Waals surface area contributed by atoms with E-state index in [4.69, 9.17) is 4.74 Å². The van der Waals surface area contributed by atoms with E-state index in [1.807, 2.05) is 36.4 Å². The predicted octanol–water partition coefficient (Wildman–Crippen LogP) is 5.99. The van der Waals surface area contributed by atoms with Gasteiger partial charge in [0.15, 0.2) is 0 Å². The molecule has 10 heteroatoms. The lowest BCUT2D eigenvalue weighted by atomic mass is 10.2. The van der Waals surface area contributed by atoms with Gasteiger partial charge in [-0.15, -0.1) is 0 Å². The van der Waals surface area contributed by atoms with Crippen LogP contribution in [-0.4, -0.2) is 16.1 Å². The largest absolute Gasteiger partial charge is 0.487 e. The van der Waals surface area contributed by atoms with E-state index in [1.165, 1.54) is 18.3 Å². The number of nitrogens with zero attached hydrogens (tertiary/aromatic N) is 3. The molecule has 0 aliphatic heterocycles. The second kappa shape index (κ2) is 10.3. The zero-order chi connectivity index (χ0) is 20.8. The quantitative estimate of drug-likeness (QED) is 0.144. The van der Waals surface area contributed by atoms with Gasteiger partial charge in [-0.25, -0.2) is 4.98 Å². The molecule has 0 aliphatic rings. The van der Waals surface area contributed by atoms with E-state index < -0.39 is 4.92 Å². The summed E-state index contributed by atoms with van der Waals surface area (Å²) in [6, 6.07) is 14.7. The topological polar surface area (TPSA) is 89.7 Å². The molecule has 1 aromatic heterocycles. The summed E-state index contributed by atoms with van der Waals surface area (Å²) >= 11 is 7.85. The minimum Gasteiger partial charge on any atom is -0.487 e. The van der Waals surface area contributed by atoms with Gasteiger partial charge < -0.3 is 4.74 Å². The normalized spacial score (nSPS) is 10.9. The SMILES string of the molecule is O=[N+]([O-])c1cccnc1N/N=C\c1cc(I)c(OCc2ccc(Br)cc2)c(I)c1. The molecule has 2 aromatic carbocycles. The van der Waals surface area contributed by atoms with Crippen LogP contribution in [0.1, 0.15) is 11.1 Å². The third-order valence-corrected chi connectivity index (χ3v) is 5.82. The first-order valence-electron chi connectivity index (χ1n) is 8.19. The Labute approximate surface area is 202 Å². The van der Waals surface area contributed by atoms with Crippen LogP contribution in [0.2, 0.25) is 0 Å². The van der Waals surface area contributed by atoms with Gasteiger partial charge in [0, 0.05) is 16.7 Å². The van der Waals surface area contributed by atoms with Crippen LogP contribution in [0.4, 0.5) is 11.5 Å². The maximum absolute atomic E-state index is 11.0. The Morgan fingerprint density at radius 3 is 2.55 bits per heavy atom. The number of benzene rings is 2. The Morgan fingerprint density at radius 2 is 1.90 bits per heavy atom. The van der Waals surface area contributed by atoms with Gasteiger partial charge >= 0.3 is 5.69 Å². The molecular weight excluding hydrogens is 666 g/mol. The molecule has 0 bridgehead atoms.